The van der Waals surface area contributed by atoms with Crippen molar-refractivity contribution in [1.82, 2.24) is 4.90 Å². The summed E-state index contributed by atoms with van der Waals surface area (Å²) in [5.74, 6) is 1.63. The first-order valence-electron chi connectivity index (χ1n) is 10.8. The van der Waals surface area contributed by atoms with Crippen molar-refractivity contribution < 1.29 is 4.79 Å². The highest BCUT2D eigenvalue weighted by Crippen LogP contribution is 2.45. The van der Waals surface area contributed by atoms with Crippen molar-refractivity contribution in [3.05, 3.63) is 76.9 Å². The summed E-state index contributed by atoms with van der Waals surface area (Å²) >= 11 is 0. The SMILES string of the molecule is Cc1ccc(NC(=O)/C=C/c2ccc(CN(C)CC3=CCC4CC3C4)cc2)c(N)c1. The van der Waals surface area contributed by atoms with E-state index in [-0.39, 0.29) is 5.91 Å². The van der Waals surface area contributed by atoms with Gasteiger partial charge in [0.2, 0.25) is 5.91 Å². The summed E-state index contributed by atoms with van der Waals surface area (Å²) in [5.41, 5.74) is 12.2. The van der Waals surface area contributed by atoms with E-state index < -0.39 is 0 Å². The van der Waals surface area contributed by atoms with Gasteiger partial charge in [-0.05, 0) is 80.0 Å². The van der Waals surface area contributed by atoms with Gasteiger partial charge in [-0.1, -0.05) is 42.0 Å². The second kappa shape index (κ2) is 8.88. The highest BCUT2D eigenvalue weighted by atomic mass is 16.1. The van der Waals surface area contributed by atoms with Gasteiger partial charge in [0.1, 0.15) is 0 Å². The second-order valence-corrected chi connectivity index (χ2v) is 8.88. The van der Waals surface area contributed by atoms with Crippen LogP contribution in [0.5, 0.6) is 0 Å². The first-order chi connectivity index (χ1) is 14.5. The molecule has 1 fully saturated rings. The number of nitrogens with one attached hydrogen (secondary N) is 1. The first-order valence-corrected chi connectivity index (χ1v) is 10.8. The third-order valence-electron chi connectivity index (χ3n) is 6.25. The molecule has 2 aromatic carbocycles. The summed E-state index contributed by atoms with van der Waals surface area (Å²) in [7, 11) is 2.19. The molecular formula is C26H31N3O. The Labute approximate surface area is 179 Å². The van der Waals surface area contributed by atoms with Crippen LogP contribution in [0.2, 0.25) is 0 Å². The maximum Gasteiger partial charge on any atom is 0.248 e. The van der Waals surface area contributed by atoms with Crippen LogP contribution in [0.15, 0.2) is 60.2 Å². The molecule has 0 aliphatic heterocycles. The van der Waals surface area contributed by atoms with Gasteiger partial charge < -0.3 is 11.1 Å². The number of allylic oxidation sites excluding steroid dienone is 1. The topological polar surface area (TPSA) is 58.4 Å². The Hall–Kier alpha value is -2.85. The molecule has 0 saturated heterocycles. The van der Waals surface area contributed by atoms with Crippen molar-refractivity contribution in [2.45, 2.75) is 32.7 Å². The zero-order chi connectivity index (χ0) is 21.1. The van der Waals surface area contributed by atoms with Gasteiger partial charge in [-0.2, -0.15) is 0 Å². The van der Waals surface area contributed by atoms with Crippen LogP contribution in [0.1, 0.15) is 36.0 Å². The molecule has 0 unspecified atom stereocenters. The molecule has 1 saturated carbocycles. The minimum atomic E-state index is -0.187. The van der Waals surface area contributed by atoms with Crippen LogP contribution in [0.3, 0.4) is 0 Å². The molecule has 2 bridgehead atoms. The second-order valence-electron chi connectivity index (χ2n) is 8.88. The first kappa shape index (κ1) is 20.4. The molecule has 2 aromatic rings. The van der Waals surface area contributed by atoms with Gasteiger partial charge >= 0.3 is 0 Å². The lowest BCUT2D eigenvalue weighted by Gasteiger charge is -2.42. The van der Waals surface area contributed by atoms with Gasteiger partial charge in [0.15, 0.2) is 0 Å². The van der Waals surface area contributed by atoms with E-state index >= 15 is 0 Å². The van der Waals surface area contributed by atoms with E-state index in [0.717, 1.165) is 36.1 Å². The van der Waals surface area contributed by atoms with E-state index in [1.165, 1.54) is 24.8 Å². The van der Waals surface area contributed by atoms with Gasteiger partial charge in [0.05, 0.1) is 11.4 Å². The average Bonchev–Trinajstić information content (AvgIpc) is 2.69. The van der Waals surface area contributed by atoms with Crippen LogP contribution < -0.4 is 11.1 Å². The summed E-state index contributed by atoms with van der Waals surface area (Å²) in [6.45, 7) is 3.98. The number of fused-ring (bicyclic) bond motifs is 1. The molecule has 3 aliphatic carbocycles. The van der Waals surface area contributed by atoms with Crippen molar-refractivity contribution in [1.29, 1.82) is 0 Å². The minimum absolute atomic E-state index is 0.187. The van der Waals surface area contributed by atoms with Gasteiger partial charge in [-0.3, -0.25) is 9.69 Å². The van der Waals surface area contributed by atoms with E-state index in [1.807, 2.05) is 31.2 Å². The number of anilines is 2. The predicted molar refractivity (Wildman–Crippen MR) is 125 cm³/mol. The highest BCUT2D eigenvalue weighted by Gasteiger charge is 2.34. The van der Waals surface area contributed by atoms with E-state index in [9.17, 15) is 4.79 Å². The lowest BCUT2D eigenvalue weighted by molar-refractivity contribution is -0.111. The van der Waals surface area contributed by atoms with E-state index in [2.05, 4.69) is 47.6 Å². The van der Waals surface area contributed by atoms with Crippen LogP contribution in [-0.2, 0) is 11.3 Å². The summed E-state index contributed by atoms with van der Waals surface area (Å²) in [4.78, 5) is 14.6. The number of carbonyl (C=O) groups is 1. The van der Waals surface area contributed by atoms with Crippen LogP contribution in [-0.4, -0.2) is 24.4 Å². The quantitative estimate of drug-likeness (QED) is 0.389. The zero-order valence-corrected chi connectivity index (χ0v) is 17.9. The number of rotatable bonds is 7. The van der Waals surface area contributed by atoms with E-state index in [4.69, 9.17) is 5.73 Å². The largest absolute Gasteiger partial charge is 0.397 e. The average molecular weight is 402 g/mol. The molecule has 1 amide bonds. The molecule has 5 rings (SSSR count). The van der Waals surface area contributed by atoms with Crippen LogP contribution in [0.25, 0.3) is 6.08 Å². The molecule has 4 nitrogen and oxygen atoms in total. The summed E-state index contributed by atoms with van der Waals surface area (Å²) in [6, 6.07) is 14.0. The van der Waals surface area contributed by atoms with Crippen molar-refractivity contribution >= 4 is 23.4 Å². The molecular weight excluding hydrogens is 370 g/mol. The Kier molecular flexibility index (Phi) is 6.05. The monoisotopic (exact) mass is 401 g/mol. The third kappa shape index (κ3) is 5.00. The Bertz CT molecular complexity index is 968. The molecule has 4 heteroatoms. The fraction of sp³-hybridized carbons (Fsp3) is 0.346. The van der Waals surface area contributed by atoms with Crippen molar-refractivity contribution in [3.63, 3.8) is 0 Å². The standard InChI is InChI=1S/C26H31N3O/c1-18-3-11-25(24(27)13-18)28-26(30)12-9-19-4-6-20(7-5-19)16-29(2)17-22-10-8-21-14-23(22)15-21/h3-7,9-13,21,23H,8,14-17,27H2,1-2H3,(H,28,30)/b12-9+. The van der Waals surface area contributed by atoms with Crippen molar-refractivity contribution in [2.75, 3.05) is 24.6 Å². The Morgan fingerprint density at radius 2 is 1.93 bits per heavy atom. The molecule has 3 N–H and O–H groups in total. The predicted octanol–water partition coefficient (Wildman–Crippen LogP) is 5.02. The number of hydrogen-bond acceptors (Lipinski definition) is 3. The van der Waals surface area contributed by atoms with Gasteiger partial charge in [0, 0.05) is 19.2 Å². The number of aryl methyl sites for hydroxylation is 1. The maximum atomic E-state index is 12.2. The molecule has 0 aromatic heterocycles. The normalized spacial score (nSPS) is 20.2. The maximum absolute atomic E-state index is 12.2. The lowest BCUT2D eigenvalue weighted by Crippen LogP contribution is -2.34. The molecule has 3 aliphatic rings. The lowest BCUT2D eigenvalue weighted by atomic mass is 9.65. The minimum Gasteiger partial charge on any atom is -0.397 e. The third-order valence-corrected chi connectivity index (χ3v) is 6.25. The number of likely N-dealkylation sites (N-methyl/N-ethyl adjacent to an activating group) is 1. The van der Waals surface area contributed by atoms with E-state index in [1.54, 1.807) is 11.6 Å². The van der Waals surface area contributed by atoms with Crippen LogP contribution >= 0.6 is 0 Å². The molecule has 0 heterocycles. The number of benzene rings is 2. The molecule has 30 heavy (non-hydrogen) atoms. The Morgan fingerprint density at radius 1 is 1.17 bits per heavy atom. The van der Waals surface area contributed by atoms with Crippen LogP contribution in [0.4, 0.5) is 11.4 Å². The van der Waals surface area contributed by atoms with E-state index in [0.29, 0.717) is 11.4 Å². The molecule has 0 radical (unpaired) electrons. The summed E-state index contributed by atoms with van der Waals surface area (Å²) in [6.07, 6.45) is 9.94. The smallest absolute Gasteiger partial charge is 0.248 e. The summed E-state index contributed by atoms with van der Waals surface area (Å²) in [5, 5.41) is 2.83. The molecule has 156 valence electrons. The van der Waals surface area contributed by atoms with Gasteiger partial charge in [0.25, 0.3) is 0 Å². The zero-order valence-electron chi connectivity index (χ0n) is 17.9. The van der Waals surface area contributed by atoms with Crippen molar-refractivity contribution in [3.8, 4) is 0 Å². The van der Waals surface area contributed by atoms with Crippen molar-refractivity contribution in [2.24, 2.45) is 11.8 Å². The summed E-state index contributed by atoms with van der Waals surface area (Å²) < 4.78 is 0. The Balaban J connectivity index is 1.28. The fourth-order valence-electron chi connectivity index (χ4n) is 4.46. The van der Waals surface area contributed by atoms with Crippen LogP contribution in [0, 0.1) is 18.8 Å². The fourth-order valence-corrected chi connectivity index (χ4v) is 4.46. The number of nitrogen functional groups attached to an aromatic ring is 1. The number of hydrogen-bond donors (Lipinski definition) is 2. The number of nitrogens with two attached hydrogens (primary N) is 1. The molecule has 0 atom stereocenters. The molecule has 0 spiro atoms. The Morgan fingerprint density at radius 3 is 2.60 bits per heavy atom. The van der Waals surface area contributed by atoms with Gasteiger partial charge in [-0.25, -0.2) is 0 Å². The number of amides is 1. The number of carbonyl (C=O) groups excluding carboxylic acids is 1. The number of nitrogens with zero attached hydrogens (tertiary/aromatic N) is 1. The van der Waals surface area contributed by atoms with Gasteiger partial charge in [-0.15, -0.1) is 0 Å². The highest BCUT2D eigenvalue weighted by molar-refractivity contribution is 6.03.